The number of rotatable bonds is 5. The molecule has 0 aromatic rings. The molecule has 2 saturated heterocycles. The third kappa shape index (κ3) is 4.43. The van der Waals surface area contributed by atoms with E-state index in [-0.39, 0.29) is 0 Å². The highest BCUT2D eigenvalue weighted by atomic mass is 15.2. The summed E-state index contributed by atoms with van der Waals surface area (Å²) in [5, 5.41) is 3.68. The van der Waals surface area contributed by atoms with E-state index in [2.05, 4.69) is 22.0 Å². The van der Waals surface area contributed by atoms with Gasteiger partial charge in [-0.1, -0.05) is 13.3 Å². The van der Waals surface area contributed by atoms with Gasteiger partial charge in [0.05, 0.1) is 0 Å². The van der Waals surface area contributed by atoms with E-state index in [1.54, 1.807) is 0 Å². The van der Waals surface area contributed by atoms with Gasteiger partial charge in [0, 0.05) is 18.6 Å². The van der Waals surface area contributed by atoms with Crippen LogP contribution in [0.1, 0.15) is 58.3 Å². The molecule has 2 heterocycles. The molecule has 2 atom stereocenters. The molecule has 0 aromatic heterocycles. The van der Waals surface area contributed by atoms with Crippen molar-refractivity contribution in [2.75, 3.05) is 39.3 Å². The zero-order chi connectivity index (χ0) is 14.5. The van der Waals surface area contributed by atoms with Gasteiger partial charge in [-0.3, -0.25) is 0 Å². The Bertz CT molecular complexity index is 291. The Morgan fingerprint density at radius 2 is 1.67 bits per heavy atom. The van der Waals surface area contributed by atoms with Crippen LogP contribution in [0.25, 0.3) is 0 Å². The molecule has 2 aliphatic heterocycles. The molecule has 0 spiro atoms. The monoisotopic (exact) mass is 293 g/mol. The zero-order valence-corrected chi connectivity index (χ0v) is 14.0. The summed E-state index contributed by atoms with van der Waals surface area (Å²) in [4.78, 5) is 5.53. The van der Waals surface area contributed by atoms with Gasteiger partial charge in [0.1, 0.15) is 0 Å². The second kappa shape index (κ2) is 7.94. The van der Waals surface area contributed by atoms with E-state index >= 15 is 0 Å². The SMILES string of the molecule is CCNC1CCCC(N2CCC(CN3CCCC3)CC2)C1. The van der Waals surface area contributed by atoms with Gasteiger partial charge in [-0.25, -0.2) is 0 Å². The minimum atomic E-state index is 0.788. The lowest BCUT2D eigenvalue weighted by molar-refractivity contribution is 0.0865. The summed E-state index contributed by atoms with van der Waals surface area (Å²) in [6.07, 6.45) is 11.4. The Hall–Kier alpha value is -0.120. The minimum Gasteiger partial charge on any atom is -0.314 e. The third-order valence-corrected chi connectivity index (χ3v) is 6.02. The highest BCUT2D eigenvalue weighted by Crippen LogP contribution is 2.28. The predicted octanol–water partition coefficient (Wildman–Crippen LogP) is 2.71. The molecular formula is C18H35N3. The van der Waals surface area contributed by atoms with Gasteiger partial charge in [-0.2, -0.15) is 0 Å². The van der Waals surface area contributed by atoms with Gasteiger partial charge in [0.25, 0.3) is 0 Å². The maximum absolute atomic E-state index is 3.68. The van der Waals surface area contributed by atoms with Crippen molar-refractivity contribution in [3.8, 4) is 0 Å². The summed E-state index contributed by atoms with van der Waals surface area (Å²) >= 11 is 0. The molecule has 3 heteroatoms. The van der Waals surface area contributed by atoms with Crippen LogP contribution in [0, 0.1) is 5.92 Å². The number of piperidine rings is 1. The van der Waals surface area contributed by atoms with Crippen LogP contribution in [0.2, 0.25) is 0 Å². The number of nitrogens with zero attached hydrogens (tertiary/aromatic N) is 2. The van der Waals surface area contributed by atoms with Crippen LogP contribution in [0.4, 0.5) is 0 Å². The Labute approximate surface area is 131 Å². The van der Waals surface area contributed by atoms with Crippen molar-refractivity contribution in [3.05, 3.63) is 0 Å². The van der Waals surface area contributed by atoms with Crippen LogP contribution >= 0.6 is 0 Å². The standard InChI is InChI=1S/C18H35N3/c1-2-19-17-6-5-7-18(14-17)21-12-8-16(9-13-21)15-20-10-3-4-11-20/h16-19H,2-15H2,1H3. The maximum atomic E-state index is 3.68. The fraction of sp³-hybridized carbons (Fsp3) is 1.00. The lowest BCUT2D eigenvalue weighted by Crippen LogP contribution is -2.48. The molecule has 1 aliphatic carbocycles. The Kier molecular flexibility index (Phi) is 5.96. The topological polar surface area (TPSA) is 18.5 Å². The molecule has 0 radical (unpaired) electrons. The summed E-state index contributed by atoms with van der Waals surface area (Å²) in [6.45, 7) is 10.2. The number of hydrogen-bond acceptors (Lipinski definition) is 3. The summed E-state index contributed by atoms with van der Waals surface area (Å²) in [6, 6.07) is 1.66. The molecule has 0 bridgehead atoms. The first kappa shape index (κ1) is 15.8. The van der Waals surface area contributed by atoms with E-state index < -0.39 is 0 Å². The van der Waals surface area contributed by atoms with Gasteiger partial charge in [0.2, 0.25) is 0 Å². The normalized spacial score (nSPS) is 33.6. The van der Waals surface area contributed by atoms with Gasteiger partial charge in [-0.15, -0.1) is 0 Å². The first-order valence-corrected chi connectivity index (χ1v) is 9.55. The van der Waals surface area contributed by atoms with Gasteiger partial charge < -0.3 is 15.1 Å². The molecule has 3 fully saturated rings. The second-order valence-electron chi connectivity index (χ2n) is 7.56. The molecule has 3 aliphatic rings. The molecular weight excluding hydrogens is 258 g/mol. The van der Waals surface area contributed by atoms with E-state index in [1.807, 2.05) is 0 Å². The second-order valence-corrected chi connectivity index (χ2v) is 7.56. The van der Waals surface area contributed by atoms with E-state index in [0.29, 0.717) is 0 Å². The molecule has 3 nitrogen and oxygen atoms in total. The summed E-state index contributed by atoms with van der Waals surface area (Å²) < 4.78 is 0. The lowest BCUT2D eigenvalue weighted by Gasteiger charge is -2.42. The summed E-state index contributed by atoms with van der Waals surface area (Å²) in [7, 11) is 0. The van der Waals surface area contributed by atoms with Crippen molar-refractivity contribution >= 4 is 0 Å². The number of hydrogen-bond donors (Lipinski definition) is 1. The lowest BCUT2D eigenvalue weighted by atomic mass is 9.87. The van der Waals surface area contributed by atoms with E-state index in [9.17, 15) is 0 Å². The van der Waals surface area contributed by atoms with Crippen molar-refractivity contribution in [1.82, 2.24) is 15.1 Å². The average Bonchev–Trinajstić information content (AvgIpc) is 3.02. The van der Waals surface area contributed by atoms with E-state index in [1.165, 1.54) is 84.1 Å². The number of nitrogens with one attached hydrogen (secondary N) is 1. The van der Waals surface area contributed by atoms with Crippen molar-refractivity contribution in [2.45, 2.75) is 70.4 Å². The fourth-order valence-electron chi connectivity index (χ4n) is 4.80. The minimum absolute atomic E-state index is 0.788. The summed E-state index contributed by atoms with van der Waals surface area (Å²) in [5.41, 5.74) is 0. The van der Waals surface area contributed by atoms with Crippen molar-refractivity contribution in [2.24, 2.45) is 5.92 Å². The first-order valence-electron chi connectivity index (χ1n) is 9.55. The van der Waals surface area contributed by atoms with Crippen LogP contribution < -0.4 is 5.32 Å². The molecule has 3 rings (SSSR count). The zero-order valence-electron chi connectivity index (χ0n) is 14.0. The summed E-state index contributed by atoms with van der Waals surface area (Å²) in [5.74, 6) is 0.979. The van der Waals surface area contributed by atoms with Crippen molar-refractivity contribution in [1.29, 1.82) is 0 Å². The smallest absolute Gasteiger partial charge is 0.0110 e. The van der Waals surface area contributed by atoms with Gasteiger partial charge in [-0.05, 0) is 83.6 Å². The van der Waals surface area contributed by atoms with Crippen molar-refractivity contribution < 1.29 is 0 Å². The third-order valence-electron chi connectivity index (χ3n) is 6.02. The number of likely N-dealkylation sites (tertiary alicyclic amines) is 2. The Morgan fingerprint density at radius 1 is 0.905 bits per heavy atom. The van der Waals surface area contributed by atoms with Crippen LogP contribution in [0.5, 0.6) is 0 Å². The van der Waals surface area contributed by atoms with E-state index in [0.717, 1.165) is 24.5 Å². The van der Waals surface area contributed by atoms with Gasteiger partial charge >= 0.3 is 0 Å². The Balaban J connectivity index is 1.40. The Morgan fingerprint density at radius 3 is 2.38 bits per heavy atom. The quantitative estimate of drug-likeness (QED) is 0.841. The molecule has 0 aromatic carbocycles. The van der Waals surface area contributed by atoms with Crippen LogP contribution in [-0.2, 0) is 0 Å². The van der Waals surface area contributed by atoms with Gasteiger partial charge in [0.15, 0.2) is 0 Å². The first-order chi connectivity index (χ1) is 10.3. The highest BCUT2D eigenvalue weighted by Gasteiger charge is 2.30. The molecule has 0 amide bonds. The maximum Gasteiger partial charge on any atom is 0.0110 e. The molecule has 122 valence electrons. The molecule has 2 unspecified atom stereocenters. The average molecular weight is 293 g/mol. The molecule has 1 saturated carbocycles. The fourth-order valence-corrected chi connectivity index (χ4v) is 4.80. The van der Waals surface area contributed by atoms with Crippen molar-refractivity contribution in [3.63, 3.8) is 0 Å². The predicted molar refractivity (Wildman–Crippen MR) is 89.7 cm³/mol. The largest absolute Gasteiger partial charge is 0.314 e. The highest BCUT2D eigenvalue weighted by molar-refractivity contribution is 4.87. The van der Waals surface area contributed by atoms with E-state index in [4.69, 9.17) is 0 Å². The molecule has 21 heavy (non-hydrogen) atoms. The molecule has 1 N–H and O–H groups in total. The van der Waals surface area contributed by atoms with Crippen LogP contribution in [-0.4, -0.2) is 61.2 Å². The van der Waals surface area contributed by atoms with Crippen LogP contribution in [0.15, 0.2) is 0 Å². The van der Waals surface area contributed by atoms with Crippen LogP contribution in [0.3, 0.4) is 0 Å².